The summed E-state index contributed by atoms with van der Waals surface area (Å²) in [5.41, 5.74) is 1.66. The van der Waals surface area contributed by atoms with Crippen molar-refractivity contribution in [2.24, 2.45) is 5.92 Å². The van der Waals surface area contributed by atoms with Crippen molar-refractivity contribution in [1.82, 2.24) is 9.80 Å². The molecule has 5 heteroatoms. The summed E-state index contributed by atoms with van der Waals surface area (Å²) in [5.74, 6) is 1.33. The summed E-state index contributed by atoms with van der Waals surface area (Å²) in [6.07, 6.45) is 2.08. The number of hydrogen-bond acceptors (Lipinski definition) is 3. The summed E-state index contributed by atoms with van der Waals surface area (Å²) in [7, 11) is 1.63. The first kappa shape index (κ1) is 15.8. The van der Waals surface area contributed by atoms with Gasteiger partial charge in [-0.3, -0.25) is 9.59 Å². The summed E-state index contributed by atoms with van der Waals surface area (Å²) in [6, 6.07) is 5.70. The fourth-order valence-corrected chi connectivity index (χ4v) is 3.75. The van der Waals surface area contributed by atoms with Crippen LogP contribution in [0, 0.1) is 12.8 Å². The van der Waals surface area contributed by atoms with Crippen LogP contribution in [0.3, 0.4) is 0 Å². The Morgan fingerprint density at radius 3 is 2.61 bits per heavy atom. The van der Waals surface area contributed by atoms with E-state index in [0.29, 0.717) is 12.5 Å². The molecule has 1 aromatic rings. The minimum Gasteiger partial charge on any atom is -0.497 e. The van der Waals surface area contributed by atoms with E-state index in [4.69, 9.17) is 4.74 Å². The van der Waals surface area contributed by atoms with E-state index in [1.165, 1.54) is 0 Å². The quantitative estimate of drug-likeness (QED) is 0.839. The van der Waals surface area contributed by atoms with Crippen LogP contribution in [0.1, 0.15) is 35.7 Å². The maximum Gasteiger partial charge on any atom is 0.254 e. The fraction of sp³-hybridized carbons (Fsp3) is 0.556. The lowest BCUT2D eigenvalue weighted by atomic mass is 9.94. The van der Waals surface area contributed by atoms with Crippen molar-refractivity contribution in [3.05, 3.63) is 29.3 Å². The van der Waals surface area contributed by atoms with Crippen LogP contribution in [0.2, 0.25) is 0 Å². The maximum atomic E-state index is 13.0. The van der Waals surface area contributed by atoms with Gasteiger partial charge in [0.15, 0.2) is 0 Å². The first-order chi connectivity index (χ1) is 11.0. The van der Waals surface area contributed by atoms with Gasteiger partial charge in [-0.2, -0.15) is 0 Å². The molecule has 3 heterocycles. The van der Waals surface area contributed by atoms with Crippen LogP contribution in [0.5, 0.6) is 5.75 Å². The number of fused-ring (bicyclic) bond motifs is 4. The van der Waals surface area contributed by atoms with Gasteiger partial charge >= 0.3 is 0 Å². The normalized spacial score (nSPS) is 23.6. The van der Waals surface area contributed by atoms with Crippen LogP contribution in [-0.4, -0.2) is 54.4 Å². The molecule has 23 heavy (non-hydrogen) atoms. The minimum atomic E-state index is 0.0743. The largest absolute Gasteiger partial charge is 0.497 e. The molecule has 3 aliphatic rings. The topological polar surface area (TPSA) is 49.9 Å². The standard InChI is InChI=1S/C18H24N2O3/c1-12-8-16(23-3)6-7-17(12)18(22)20-10-14-4-5-15(20)11-19(9-14)13(2)21/h6-8,14-15H,4-5,9-11H2,1-3H3/t14-,15+/m0/s1. The molecule has 0 unspecified atom stereocenters. The number of hydrogen-bond donors (Lipinski definition) is 0. The number of rotatable bonds is 2. The highest BCUT2D eigenvalue weighted by atomic mass is 16.5. The van der Waals surface area contributed by atoms with E-state index in [0.717, 1.165) is 42.8 Å². The average Bonchev–Trinajstić information content (AvgIpc) is 2.86. The molecule has 0 saturated carbocycles. The second kappa shape index (κ2) is 6.22. The fourth-order valence-electron chi connectivity index (χ4n) is 3.75. The molecular formula is C18H24N2O3. The molecule has 0 radical (unpaired) electrons. The highest BCUT2D eigenvalue weighted by molar-refractivity contribution is 5.96. The highest BCUT2D eigenvalue weighted by Gasteiger charge is 2.38. The molecule has 5 nitrogen and oxygen atoms in total. The number of piperidine rings is 1. The second-order valence-electron chi connectivity index (χ2n) is 6.66. The SMILES string of the molecule is COc1ccc(C(=O)N2C[C@H]3CC[C@@H]2CN(C(C)=O)C3)c(C)c1. The van der Waals surface area contributed by atoms with Crippen LogP contribution < -0.4 is 4.74 Å². The summed E-state index contributed by atoms with van der Waals surface area (Å²) in [4.78, 5) is 28.6. The molecule has 0 aliphatic carbocycles. The second-order valence-corrected chi connectivity index (χ2v) is 6.66. The lowest BCUT2D eigenvalue weighted by Gasteiger charge is -2.36. The van der Waals surface area contributed by atoms with Gasteiger partial charge in [0.05, 0.1) is 7.11 Å². The molecule has 2 amide bonds. The third kappa shape index (κ3) is 3.05. The van der Waals surface area contributed by atoms with Gasteiger partial charge in [-0.1, -0.05) is 0 Å². The summed E-state index contributed by atoms with van der Waals surface area (Å²) in [6.45, 7) is 5.74. The van der Waals surface area contributed by atoms with Gasteiger partial charge < -0.3 is 14.5 Å². The Hall–Kier alpha value is -2.04. The van der Waals surface area contributed by atoms with Crippen LogP contribution in [0.4, 0.5) is 0 Å². The number of benzene rings is 1. The van der Waals surface area contributed by atoms with Gasteiger partial charge in [0.25, 0.3) is 5.91 Å². The van der Waals surface area contributed by atoms with Gasteiger partial charge in [0, 0.05) is 38.2 Å². The summed E-state index contributed by atoms with van der Waals surface area (Å²) >= 11 is 0. The smallest absolute Gasteiger partial charge is 0.254 e. The summed E-state index contributed by atoms with van der Waals surface area (Å²) in [5, 5.41) is 0. The monoisotopic (exact) mass is 316 g/mol. The Morgan fingerprint density at radius 2 is 1.96 bits per heavy atom. The highest BCUT2D eigenvalue weighted by Crippen LogP contribution is 2.30. The van der Waals surface area contributed by atoms with Crippen LogP contribution in [0.25, 0.3) is 0 Å². The van der Waals surface area contributed by atoms with Crippen molar-refractivity contribution >= 4 is 11.8 Å². The van der Waals surface area contributed by atoms with Crippen LogP contribution in [-0.2, 0) is 4.79 Å². The van der Waals surface area contributed by atoms with Gasteiger partial charge in [-0.05, 0) is 49.4 Å². The molecule has 0 N–H and O–H groups in total. The molecule has 3 fully saturated rings. The van der Waals surface area contributed by atoms with Gasteiger partial charge in [-0.25, -0.2) is 0 Å². The van der Waals surface area contributed by atoms with E-state index >= 15 is 0 Å². The van der Waals surface area contributed by atoms with Crippen molar-refractivity contribution in [2.45, 2.75) is 32.7 Å². The molecule has 124 valence electrons. The molecule has 0 spiro atoms. The number of aryl methyl sites for hydroxylation is 1. The molecule has 1 aromatic carbocycles. The number of ether oxygens (including phenoxy) is 1. The Labute approximate surface area is 137 Å². The van der Waals surface area contributed by atoms with Gasteiger partial charge in [-0.15, -0.1) is 0 Å². The average molecular weight is 316 g/mol. The minimum absolute atomic E-state index is 0.0743. The zero-order chi connectivity index (χ0) is 16.6. The van der Waals surface area contributed by atoms with Crippen molar-refractivity contribution < 1.29 is 14.3 Å². The van der Waals surface area contributed by atoms with E-state index in [1.807, 2.05) is 34.9 Å². The zero-order valence-corrected chi connectivity index (χ0v) is 14.0. The Balaban J connectivity index is 1.84. The first-order valence-corrected chi connectivity index (χ1v) is 8.20. The predicted octanol–water partition coefficient (Wildman–Crippen LogP) is 2.09. The molecular weight excluding hydrogens is 292 g/mol. The zero-order valence-electron chi connectivity index (χ0n) is 14.0. The predicted molar refractivity (Wildman–Crippen MR) is 87.5 cm³/mol. The van der Waals surface area contributed by atoms with E-state index in [-0.39, 0.29) is 17.9 Å². The van der Waals surface area contributed by atoms with E-state index in [1.54, 1.807) is 14.0 Å². The lowest BCUT2D eigenvalue weighted by molar-refractivity contribution is -0.129. The number of methoxy groups -OCH3 is 1. The van der Waals surface area contributed by atoms with Gasteiger partial charge in [0.2, 0.25) is 5.91 Å². The van der Waals surface area contributed by atoms with E-state index < -0.39 is 0 Å². The summed E-state index contributed by atoms with van der Waals surface area (Å²) < 4.78 is 5.22. The third-order valence-electron chi connectivity index (χ3n) is 5.08. The Kier molecular flexibility index (Phi) is 4.28. The Morgan fingerprint density at radius 1 is 1.17 bits per heavy atom. The maximum absolute atomic E-state index is 13.0. The molecule has 3 aliphatic heterocycles. The number of nitrogens with zero attached hydrogens (tertiary/aromatic N) is 2. The van der Waals surface area contributed by atoms with Crippen LogP contribution in [0.15, 0.2) is 18.2 Å². The van der Waals surface area contributed by atoms with Gasteiger partial charge in [0.1, 0.15) is 5.75 Å². The first-order valence-electron chi connectivity index (χ1n) is 8.20. The molecule has 2 bridgehead atoms. The third-order valence-corrected chi connectivity index (χ3v) is 5.08. The number of carbonyl (C=O) groups excluding carboxylic acids is 2. The van der Waals surface area contributed by atoms with Crippen molar-refractivity contribution in [3.63, 3.8) is 0 Å². The molecule has 0 aromatic heterocycles. The molecule has 4 rings (SSSR count). The number of carbonyl (C=O) groups is 2. The van der Waals surface area contributed by atoms with E-state index in [2.05, 4.69) is 0 Å². The molecule has 2 atom stereocenters. The van der Waals surface area contributed by atoms with Crippen molar-refractivity contribution in [3.8, 4) is 5.75 Å². The number of amides is 2. The van der Waals surface area contributed by atoms with Crippen molar-refractivity contribution in [1.29, 1.82) is 0 Å². The lowest BCUT2D eigenvalue weighted by Crippen LogP contribution is -2.47. The Bertz CT molecular complexity index is 629. The molecule has 3 saturated heterocycles. The van der Waals surface area contributed by atoms with Crippen LogP contribution >= 0.6 is 0 Å². The van der Waals surface area contributed by atoms with E-state index in [9.17, 15) is 9.59 Å². The van der Waals surface area contributed by atoms with Crippen molar-refractivity contribution in [2.75, 3.05) is 26.7 Å².